The minimum Gasteiger partial charge on any atom is -0.478 e. The van der Waals surface area contributed by atoms with Gasteiger partial charge in [0.1, 0.15) is 0 Å². The van der Waals surface area contributed by atoms with Gasteiger partial charge in [-0.1, -0.05) is 30.3 Å². The second-order valence-corrected chi connectivity index (χ2v) is 4.52. The Hall–Kier alpha value is -2.67. The number of nitro groups is 1. The number of hydrogen-bond donors (Lipinski definition) is 2. The summed E-state index contributed by atoms with van der Waals surface area (Å²) in [4.78, 5) is 33.4. The molecule has 0 aromatic heterocycles. The van der Waals surface area contributed by atoms with Crippen molar-refractivity contribution >= 4 is 29.4 Å². The Kier molecular flexibility index (Phi) is 4.04. The molecule has 0 bridgehead atoms. The largest absolute Gasteiger partial charge is 0.478 e. The van der Waals surface area contributed by atoms with E-state index in [2.05, 4.69) is 12.6 Å². The lowest BCUT2D eigenvalue weighted by molar-refractivity contribution is -0.384. The molecule has 2 aromatic rings. The Morgan fingerprint density at radius 2 is 1.71 bits per heavy atom. The highest BCUT2D eigenvalue weighted by atomic mass is 32.1. The van der Waals surface area contributed by atoms with Crippen LogP contribution in [0.5, 0.6) is 0 Å². The molecule has 0 atom stereocenters. The number of carboxylic acid groups (broad SMARTS) is 1. The van der Waals surface area contributed by atoms with Gasteiger partial charge in [-0.2, -0.15) is 0 Å². The van der Waals surface area contributed by atoms with Gasteiger partial charge in [0.25, 0.3) is 5.69 Å². The fourth-order valence-electron chi connectivity index (χ4n) is 2.04. The van der Waals surface area contributed by atoms with E-state index in [4.69, 9.17) is 0 Å². The SMILES string of the molecule is O=C(S)c1ccc([N+](=O)[O-])c(-c2ccccc2)c1C(=O)O. The molecule has 0 aliphatic heterocycles. The fourth-order valence-corrected chi connectivity index (χ4v) is 2.23. The molecule has 0 fully saturated rings. The van der Waals surface area contributed by atoms with Crippen molar-refractivity contribution in [3.05, 3.63) is 63.7 Å². The summed E-state index contributed by atoms with van der Waals surface area (Å²) in [5.74, 6) is -1.42. The standard InChI is InChI=1S/C14H9NO5S/c16-13(17)12-9(14(18)21)6-7-10(15(19)20)11(12)8-4-2-1-3-5-8/h1-7H,(H,16,17)(H,18,21). The molecule has 6 nitrogen and oxygen atoms in total. The number of aromatic carboxylic acids is 1. The number of thiol groups is 1. The van der Waals surface area contributed by atoms with Crippen LogP contribution in [0.4, 0.5) is 5.69 Å². The van der Waals surface area contributed by atoms with Crippen molar-refractivity contribution < 1.29 is 19.6 Å². The van der Waals surface area contributed by atoms with Crippen molar-refractivity contribution in [3.63, 3.8) is 0 Å². The molecule has 106 valence electrons. The molecule has 1 N–H and O–H groups in total. The van der Waals surface area contributed by atoms with E-state index in [1.807, 2.05) is 0 Å². The summed E-state index contributed by atoms with van der Waals surface area (Å²) in [7, 11) is 0. The second-order valence-electron chi connectivity index (χ2n) is 4.12. The van der Waals surface area contributed by atoms with Gasteiger partial charge in [-0.15, -0.1) is 12.6 Å². The van der Waals surface area contributed by atoms with Crippen LogP contribution in [0.1, 0.15) is 20.7 Å². The van der Waals surface area contributed by atoms with E-state index in [9.17, 15) is 24.8 Å². The Labute approximate surface area is 124 Å². The topological polar surface area (TPSA) is 97.5 Å². The number of carbonyl (C=O) groups excluding carboxylic acids is 1. The monoisotopic (exact) mass is 303 g/mol. The molecular weight excluding hydrogens is 294 g/mol. The zero-order valence-electron chi connectivity index (χ0n) is 10.5. The van der Waals surface area contributed by atoms with Crippen LogP contribution < -0.4 is 0 Å². The zero-order chi connectivity index (χ0) is 15.6. The van der Waals surface area contributed by atoms with Crippen molar-refractivity contribution in [3.8, 4) is 11.1 Å². The van der Waals surface area contributed by atoms with Gasteiger partial charge in [0.2, 0.25) is 5.12 Å². The van der Waals surface area contributed by atoms with Gasteiger partial charge in [0, 0.05) is 11.6 Å². The van der Waals surface area contributed by atoms with Crippen LogP contribution in [0, 0.1) is 10.1 Å². The highest BCUT2D eigenvalue weighted by molar-refractivity contribution is 7.97. The summed E-state index contributed by atoms with van der Waals surface area (Å²) in [6, 6.07) is 10.2. The quantitative estimate of drug-likeness (QED) is 0.514. The molecule has 0 amide bonds. The molecular formula is C14H9NO5S. The number of carbonyl (C=O) groups is 2. The summed E-state index contributed by atoms with van der Waals surface area (Å²) in [5, 5.41) is 19.7. The lowest BCUT2D eigenvalue weighted by Crippen LogP contribution is -2.09. The van der Waals surface area contributed by atoms with Gasteiger partial charge < -0.3 is 5.11 Å². The average molecular weight is 303 g/mol. The molecule has 2 aromatic carbocycles. The Morgan fingerprint density at radius 3 is 2.19 bits per heavy atom. The third-order valence-electron chi connectivity index (χ3n) is 2.89. The van der Waals surface area contributed by atoms with Crippen LogP contribution in [0.25, 0.3) is 11.1 Å². The number of hydrogen-bond acceptors (Lipinski definition) is 4. The van der Waals surface area contributed by atoms with Crippen LogP contribution in [-0.4, -0.2) is 21.1 Å². The van der Waals surface area contributed by atoms with E-state index in [1.165, 1.54) is 0 Å². The summed E-state index contributed by atoms with van der Waals surface area (Å²) >= 11 is 3.63. The van der Waals surface area contributed by atoms with E-state index in [0.29, 0.717) is 5.56 Å². The molecule has 0 saturated heterocycles. The molecule has 0 saturated carbocycles. The van der Waals surface area contributed by atoms with Gasteiger partial charge >= 0.3 is 5.97 Å². The van der Waals surface area contributed by atoms with Gasteiger partial charge in [-0.05, 0) is 11.6 Å². The van der Waals surface area contributed by atoms with Crippen LogP contribution in [0.15, 0.2) is 42.5 Å². The van der Waals surface area contributed by atoms with E-state index in [0.717, 1.165) is 12.1 Å². The molecule has 2 rings (SSSR count). The van der Waals surface area contributed by atoms with E-state index in [-0.39, 0.29) is 16.8 Å². The first-order chi connectivity index (χ1) is 9.93. The van der Waals surface area contributed by atoms with E-state index >= 15 is 0 Å². The molecule has 0 aliphatic carbocycles. The number of nitrogens with zero attached hydrogens (tertiary/aromatic N) is 1. The van der Waals surface area contributed by atoms with Crippen LogP contribution in [0.2, 0.25) is 0 Å². The van der Waals surface area contributed by atoms with Crippen molar-refractivity contribution in [2.75, 3.05) is 0 Å². The first-order valence-corrected chi connectivity index (χ1v) is 6.21. The maximum atomic E-state index is 11.5. The maximum absolute atomic E-state index is 11.5. The second kappa shape index (κ2) is 5.76. The van der Waals surface area contributed by atoms with E-state index < -0.39 is 21.6 Å². The fraction of sp³-hybridized carbons (Fsp3) is 0. The van der Waals surface area contributed by atoms with Crippen molar-refractivity contribution in [1.82, 2.24) is 0 Å². The Morgan fingerprint density at radius 1 is 1.10 bits per heavy atom. The number of rotatable bonds is 4. The highest BCUT2D eigenvalue weighted by Gasteiger charge is 2.27. The van der Waals surface area contributed by atoms with Crippen LogP contribution in [-0.2, 0) is 0 Å². The number of benzene rings is 2. The first-order valence-electron chi connectivity index (χ1n) is 5.77. The molecule has 0 heterocycles. The summed E-state index contributed by atoms with van der Waals surface area (Å²) < 4.78 is 0. The smallest absolute Gasteiger partial charge is 0.337 e. The van der Waals surface area contributed by atoms with E-state index in [1.54, 1.807) is 30.3 Å². The molecule has 21 heavy (non-hydrogen) atoms. The lowest BCUT2D eigenvalue weighted by atomic mass is 9.94. The molecule has 0 spiro atoms. The molecule has 0 unspecified atom stereocenters. The van der Waals surface area contributed by atoms with Gasteiger partial charge in [0.05, 0.1) is 16.1 Å². The predicted octanol–water partition coefficient (Wildman–Crippen LogP) is 3.03. The van der Waals surface area contributed by atoms with Gasteiger partial charge in [-0.25, -0.2) is 4.79 Å². The minimum absolute atomic E-state index is 0.104. The molecule has 7 heteroatoms. The zero-order valence-corrected chi connectivity index (χ0v) is 11.4. The maximum Gasteiger partial charge on any atom is 0.337 e. The van der Waals surface area contributed by atoms with Crippen LogP contribution in [0.3, 0.4) is 0 Å². The van der Waals surface area contributed by atoms with Gasteiger partial charge in [-0.3, -0.25) is 14.9 Å². The minimum atomic E-state index is -1.42. The van der Waals surface area contributed by atoms with Crippen LogP contribution >= 0.6 is 12.6 Å². The third kappa shape index (κ3) is 2.77. The predicted molar refractivity (Wildman–Crippen MR) is 78.8 cm³/mol. The first kappa shape index (κ1) is 14.7. The van der Waals surface area contributed by atoms with Crippen molar-refractivity contribution in [2.45, 2.75) is 0 Å². The Bertz CT molecular complexity index is 743. The van der Waals surface area contributed by atoms with Gasteiger partial charge in [0.15, 0.2) is 0 Å². The molecule has 0 aliphatic rings. The molecule has 0 radical (unpaired) electrons. The normalized spacial score (nSPS) is 10.1. The Balaban J connectivity index is 2.92. The lowest BCUT2D eigenvalue weighted by Gasteiger charge is -2.10. The van der Waals surface area contributed by atoms with Crippen molar-refractivity contribution in [1.29, 1.82) is 0 Å². The number of carboxylic acids is 1. The van der Waals surface area contributed by atoms with Crippen molar-refractivity contribution in [2.24, 2.45) is 0 Å². The summed E-state index contributed by atoms with van der Waals surface area (Å²) in [6.07, 6.45) is 0. The summed E-state index contributed by atoms with van der Waals surface area (Å²) in [5.41, 5.74) is -0.742. The third-order valence-corrected chi connectivity index (χ3v) is 3.13. The highest BCUT2D eigenvalue weighted by Crippen LogP contribution is 2.35. The average Bonchev–Trinajstić information content (AvgIpc) is 2.46. The number of nitro benzene ring substituents is 1. The summed E-state index contributed by atoms with van der Waals surface area (Å²) in [6.45, 7) is 0.